The molecule has 0 saturated heterocycles. The Hall–Kier alpha value is -3.95. The number of halogens is 1. The van der Waals surface area contributed by atoms with Gasteiger partial charge in [-0.2, -0.15) is 4.98 Å². The molecule has 0 unspecified atom stereocenters. The van der Waals surface area contributed by atoms with Gasteiger partial charge in [-0.3, -0.25) is 9.59 Å². The molecule has 28 heavy (non-hydrogen) atoms. The van der Waals surface area contributed by atoms with Gasteiger partial charge in [0.05, 0.1) is 30.8 Å². The molecule has 0 aliphatic carbocycles. The Kier molecular flexibility index (Phi) is 4.15. The first-order valence-corrected chi connectivity index (χ1v) is 8.11. The molecular formula is C18H14FN5O4. The van der Waals surface area contributed by atoms with Gasteiger partial charge in [0.1, 0.15) is 17.3 Å². The highest BCUT2D eigenvalue weighted by Crippen LogP contribution is 2.29. The topological polar surface area (TPSA) is 111 Å². The Labute approximate surface area is 156 Å². The van der Waals surface area contributed by atoms with Gasteiger partial charge < -0.3 is 14.8 Å². The Bertz CT molecular complexity index is 1280. The lowest BCUT2D eigenvalue weighted by Gasteiger charge is -2.10. The zero-order valence-electron chi connectivity index (χ0n) is 14.8. The summed E-state index contributed by atoms with van der Waals surface area (Å²) in [6.45, 7) is 0. The summed E-state index contributed by atoms with van der Waals surface area (Å²) in [6, 6.07) is 8.61. The summed E-state index contributed by atoms with van der Waals surface area (Å²) in [4.78, 5) is 28.9. The van der Waals surface area contributed by atoms with E-state index in [1.807, 2.05) is 0 Å². The number of aromatic nitrogens is 4. The van der Waals surface area contributed by atoms with Gasteiger partial charge in [-0.05, 0) is 30.3 Å². The number of aromatic amines is 1. The summed E-state index contributed by atoms with van der Waals surface area (Å²) in [5.74, 6) is -0.238. The van der Waals surface area contributed by atoms with E-state index in [1.54, 1.807) is 18.2 Å². The number of nitrogens with zero attached hydrogens (tertiary/aromatic N) is 3. The van der Waals surface area contributed by atoms with Crippen molar-refractivity contribution < 1.29 is 18.7 Å². The molecule has 0 spiro atoms. The molecule has 4 aromatic rings. The van der Waals surface area contributed by atoms with E-state index in [0.29, 0.717) is 22.7 Å². The summed E-state index contributed by atoms with van der Waals surface area (Å²) in [7, 11) is 2.96. The minimum Gasteiger partial charge on any atom is -0.497 e. The quantitative estimate of drug-likeness (QED) is 0.558. The fourth-order valence-corrected chi connectivity index (χ4v) is 2.85. The number of carbonyl (C=O) groups is 1. The Balaban J connectivity index is 1.80. The minimum atomic E-state index is -0.663. The first-order chi connectivity index (χ1) is 13.5. The van der Waals surface area contributed by atoms with E-state index >= 15 is 0 Å². The van der Waals surface area contributed by atoms with Crippen molar-refractivity contribution in [1.82, 2.24) is 19.8 Å². The van der Waals surface area contributed by atoms with Crippen LogP contribution in [0.5, 0.6) is 11.5 Å². The lowest BCUT2D eigenvalue weighted by molar-refractivity contribution is 0.102. The SMILES string of the molecule is COc1ccc(OC)c(NC(=O)c2n[nH]n3c2nc(=O)c2cc(F)ccc23)c1. The van der Waals surface area contributed by atoms with Crippen LogP contribution in [0.1, 0.15) is 10.5 Å². The van der Waals surface area contributed by atoms with Crippen molar-refractivity contribution in [2.24, 2.45) is 0 Å². The molecule has 0 fully saturated rings. The summed E-state index contributed by atoms with van der Waals surface area (Å²) in [5, 5.41) is 9.32. The summed E-state index contributed by atoms with van der Waals surface area (Å²) < 4.78 is 25.2. The summed E-state index contributed by atoms with van der Waals surface area (Å²) in [5.41, 5.74) is -0.0410. The number of rotatable bonds is 4. The molecule has 9 nitrogen and oxygen atoms in total. The molecule has 142 valence electrons. The highest BCUT2D eigenvalue weighted by atomic mass is 19.1. The molecule has 2 aromatic carbocycles. The molecular weight excluding hydrogens is 369 g/mol. The molecule has 0 aliphatic heterocycles. The normalized spacial score (nSPS) is 11.0. The highest BCUT2D eigenvalue weighted by molar-refractivity contribution is 6.07. The largest absolute Gasteiger partial charge is 0.497 e. The van der Waals surface area contributed by atoms with Crippen molar-refractivity contribution >= 4 is 28.1 Å². The van der Waals surface area contributed by atoms with Crippen LogP contribution < -0.4 is 20.3 Å². The van der Waals surface area contributed by atoms with Crippen molar-refractivity contribution in [2.45, 2.75) is 0 Å². The zero-order valence-corrected chi connectivity index (χ0v) is 14.8. The molecule has 2 aromatic heterocycles. The number of fused-ring (bicyclic) bond motifs is 3. The number of H-pyrrole nitrogens is 1. The van der Waals surface area contributed by atoms with E-state index in [1.165, 1.54) is 30.9 Å². The molecule has 0 aliphatic rings. The maximum absolute atomic E-state index is 13.4. The molecule has 4 rings (SSSR count). The lowest BCUT2D eigenvalue weighted by Crippen LogP contribution is -2.16. The lowest BCUT2D eigenvalue weighted by atomic mass is 10.2. The van der Waals surface area contributed by atoms with Crippen LogP contribution in [0.3, 0.4) is 0 Å². The molecule has 2 heterocycles. The van der Waals surface area contributed by atoms with E-state index in [9.17, 15) is 14.0 Å². The minimum absolute atomic E-state index is 0.0171. The number of hydrogen-bond acceptors (Lipinski definition) is 6. The standard InChI is InChI=1S/C18H14FN5O4/c1-27-10-4-6-14(28-2)12(8-10)20-18(26)15-16-21-17(25)11-7-9(19)3-5-13(11)24(16)23-22-15/h3-8,23H,1-2H3,(H,20,26). The third-order valence-corrected chi connectivity index (χ3v) is 4.19. The molecule has 2 N–H and O–H groups in total. The molecule has 0 saturated carbocycles. The van der Waals surface area contributed by atoms with E-state index in [4.69, 9.17) is 9.47 Å². The van der Waals surface area contributed by atoms with Crippen LogP contribution in [0.4, 0.5) is 10.1 Å². The number of methoxy groups -OCH3 is 2. The summed E-state index contributed by atoms with van der Waals surface area (Å²) >= 11 is 0. The maximum atomic E-state index is 13.4. The van der Waals surface area contributed by atoms with Crippen LogP contribution in [0, 0.1) is 5.82 Å². The third kappa shape index (κ3) is 2.80. The zero-order chi connectivity index (χ0) is 19.8. The number of hydrogen-bond donors (Lipinski definition) is 2. The predicted molar refractivity (Wildman–Crippen MR) is 98.6 cm³/mol. The van der Waals surface area contributed by atoms with Gasteiger partial charge in [0.2, 0.25) is 0 Å². The molecule has 0 bridgehead atoms. The van der Waals surface area contributed by atoms with Crippen LogP contribution in [0.25, 0.3) is 16.6 Å². The summed E-state index contributed by atoms with van der Waals surface area (Å²) in [6.07, 6.45) is 0. The maximum Gasteiger partial charge on any atom is 0.281 e. The van der Waals surface area contributed by atoms with Gasteiger partial charge >= 0.3 is 0 Å². The Morgan fingerprint density at radius 1 is 1.18 bits per heavy atom. The number of carbonyl (C=O) groups excluding carboxylic acids is 1. The highest BCUT2D eigenvalue weighted by Gasteiger charge is 2.20. The van der Waals surface area contributed by atoms with Gasteiger partial charge in [0.25, 0.3) is 11.5 Å². The molecule has 10 heteroatoms. The average Bonchev–Trinajstić information content (AvgIpc) is 3.12. The van der Waals surface area contributed by atoms with Gasteiger partial charge in [0, 0.05) is 6.07 Å². The average molecular weight is 383 g/mol. The molecule has 0 atom stereocenters. The fourth-order valence-electron chi connectivity index (χ4n) is 2.85. The predicted octanol–water partition coefficient (Wildman–Crippen LogP) is 1.98. The van der Waals surface area contributed by atoms with Crippen molar-refractivity contribution in [3.63, 3.8) is 0 Å². The Morgan fingerprint density at radius 2 is 2.00 bits per heavy atom. The van der Waals surface area contributed by atoms with Crippen molar-refractivity contribution in [2.75, 3.05) is 19.5 Å². The second-order valence-corrected chi connectivity index (χ2v) is 5.82. The first-order valence-electron chi connectivity index (χ1n) is 8.11. The smallest absolute Gasteiger partial charge is 0.281 e. The van der Waals surface area contributed by atoms with Gasteiger partial charge in [-0.1, -0.05) is 0 Å². The molecule has 1 amide bonds. The second kappa shape index (κ2) is 6.65. The third-order valence-electron chi connectivity index (χ3n) is 4.19. The number of ether oxygens (including phenoxy) is 2. The van der Waals surface area contributed by atoms with E-state index in [-0.39, 0.29) is 16.7 Å². The van der Waals surface area contributed by atoms with Crippen LogP contribution >= 0.6 is 0 Å². The van der Waals surface area contributed by atoms with E-state index in [2.05, 4.69) is 20.6 Å². The van der Waals surface area contributed by atoms with Crippen molar-refractivity contribution in [3.05, 3.63) is 58.3 Å². The number of benzene rings is 2. The van der Waals surface area contributed by atoms with Crippen LogP contribution in [0.2, 0.25) is 0 Å². The van der Waals surface area contributed by atoms with E-state index in [0.717, 1.165) is 6.07 Å². The fraction of sp³-hybridized carbons (Fsp3) is 0.111. The van der Waals surface area contributed by atoms with Crippen LogP contribution in [-0.4, -0.2) is 39.9 Å². The second-order valence-electron chi connectivity index (χ2n) is 5.82. The van der Waals surface area contributed by atoms with Gasteiger partial charge in [0.15, 0.2) is 11.3 Å². The number of nitrogens with one attached hydrogen (secondary N) is 2. The van der Waals surface area contributed by atoms with Crippen molar-refractivity contribution in [3.8, 4) is 11.5 Å². The first kappa shape index (κ1) is 17.5. The van der Waals surface area contributed by atoms with Crippen molar-refractivity contribution in [1.29, 1.82) is 0 Å². The Morgan fingerprint density at radius 3 is 2.75 bits per heavy atom. The molecule has 0 radical (unpaired) electrons. The monoisotopic (exact) mass is 383 g/mol. The van der Waals surface area contributed by atoms with Crippen LogP contribution in [0.15, 0.2) is 41.2 Å². The van der Waals surface area contributed by atoms with Gasteiger partial charge in [-0.15, -0.1) is 5.10 Å². The van der Waals surface area contributed by atoms with E-state index < -0.39 is 17.3 Å². The number of anilines is 1. The van der Waals surface area contributed by atoms with Crippen LogP contribution in [-0.2, 0) is 0 Å². The number of amides is 1. The van der Waals surface area contributed by atoms with Gasteiger partial charge in [-0.25, -0.2) is 14.1 Å².